The third kappa shape index (κ3) is 2.79. The molecule has 5 nitrogen and oxygen atoms in total. The maximum absolute atomic E-state index is 10.6. The van der Waals surface area contributed by atoms with E-state index in [9.17, 15) is 5.11 Å². The highest BCUT2D eigenvalue weighted by atomic mass is 16.5. The Morgan fingerprint density at radius 1 is 1.28 bits per heavy atom. The zero-order chi connectivity index (χ0) is 13.8. The second-order valence-electron chi connectivity index (χ2n) is 4.68. The number of ether oxygens (including phenoxy) is 1. The van der Waals surface area contributed by atoms with Gasteiger partial charge in [0, 0.05) is 17.9 Å². The van der Waals surface area contributed by atoms with E-state index in [1.165, 1.54) is 7.11 Å². The number of methoxy groups -OCH3 is 1. The summed E-state index contributed by atoms with van der Waals surface area (Å²) in [4.78, 5) is 10.5. The first kappa shape index (κ1) is 14.9. The van der Waals surface area contributed by atoms with Crippen molar-refractivity contribution < 1.29 is 9.84 Å². The highest BCUT2D eigenvalue weighted by molar-refractivity contribution is 5.22. The fourth-order valence-electron chi connectivity index (χ4n) is 2.23. The van der Waals surface area contributed by atoms with Gasteiger partial charge in [-0.2, -0.15) is 0 Å². The first-order valence-corrected chi connectivity index (χ1v) is 6.27. The van der Waals surface area contributed by atoms with Gasteiger partial charge in [0.25, 0.3) is 0 Å². The third-order valence-corrected chi connectivity index (χ3v) is 3.39. The summed E-state index contributed by atoms with van der Waals surface area (Å²) in [5.41, 5.74) is 0.0594. The molecule has 102 valence electrons. The van der Waals surface area contributed by atoms with Gasteiger partial charge in [0.2, 0.25) is 5.88 Å². The van der Waals surface area contributed by atoms with Crippen LogP contribution in [0, 0.1) is 0 Å². The molecule has 5 heteroatoms. The summed E-state index contributed by atoms with van der Waals surface area (Å²) in [5.74, 6) is 0.380. The lowest BCUT2D eigenvalue weighted by Gasteiger charge is -2.40. The van der Waals surface area contributed by atoms with E-state index in [0.717, 1.165) is 13.1 Å². The fourth-order valence-corrected chi connectivity index (χ4v) is 2.23. The maximum Gasteiger partial charge on any atom is 0.238 e. The summed E-state index contributed by atoms with van der Waals surface area (Å²) in [5, 5.41) is 10.6. The van der Waals surface area contributed by atoms with Gasteiger partial charge in [-0.3, -0.25) is 9.88 Å². The van der Waals surface area contributed by atoms with Crippen LogP contribution >= 0.6 is 0 Å². The topological polar surface area (TPSA) is 58.5 Å². The van der Waals surface area contributed by atoms with E-state index in [4.69, 9.17) is 4.74 Å². The molecular formula is C13H23N3O2. The Bertz CT molecular complexity index is 378. The maximum atomic E-state index is 10.6. The van der Waals surface area contributed by atoms with E-state index in [0.29, 0.717) is 11.6 Å². The molecule has 0 bridgehead atoms. The molecular weight excluding hydrogens is 230 g/mol. The van der Waals surface area contributed by atoms with Crippen molar-refractivity contribution in [3.63, 3.8) is 0 Å². The standard InChI is InChI=1S/C13H23N3O2/c1-6-16(7-2)13(3,4)11(17)10-12(18-5)15-9-8-14-10/h8-9,11,17H,6-7H2,1-5H3. The van der Waals surface area contributed by atoms with Crippen LogP contribution in [0.1, 0.15) is 39.5 Å². The second kappa shape index (κ2) is 6.11. The van der Waals surface area contributed by atoms with Crippen molar-refractivity contribution in [2.45, 2.75) is 39.3 Å². The van der Waals surface area contributed by atoms with Crippen LogP contribution in [-0.2, 0) is 0 Å². The lowest BCUT2D eigenvalue weighted by Crippen LogP contribution is -2.48. The quantitative estimate of drug-likeness (QED) is 0.835. The number of likely N-dealkylation sites (N-methyl/N-ethyl adjacent to an activating group) is 1. The Balaban J connectivity index is 3.08. The van der Waals surface area contributed by atoms with Gasteiger partial charge in [0.1, 0.15) is 11.8 Å². The number of hydrogen-bond acceptors (Lipinski definition) is 5. The number of aliphatic hydroxyl groups is 1. The molecule has 1 N–H and O–H groups in total. The highest BCUT2D eigenvalue weighted by Gasteiger charge is 2.36. The highest BCUT2D eigenvalue weighted by Crippen LogP contribution is 2.33. The number of nitrogens with zero attached hydrogens (tertiary/aromatic N) is 3. The normalized spacial score (nSPS) is 13.7. The predicted octanol–water partition coefficient (Wildman–Crippen LogP) is 1.64. The third-order valence-electron chi connectivity index (χ3n) is 3.39. The molecule has 1 aromatic rings. The van der Waals surface area contributed by atoms with E-state index < -0.39 is 11.6 Å². The van der Waals surface area contributed by atoms with Crippen molar-refractivity contribution in [2.24, 2.45) is 0 Å². The van der Waals surface area contributed by atoms with Crippen LogP contribution in [0.2, 0.25) is 0 Å². The minimum Gasteiger partial charge on any atom is -0.480 e. The van der Waals surface area contributed by atoms with Gasteiger partial charge in [0.15, 0.2) is 0 Å². The van der Waals surface area contributed by atoms with E-state index in [1.807, 2.05) is 13.8 Å². The van der Waals surface area contributed by atoms with Crippen molar-refractivity contribution in [2.75, 3.05) is 20.2 Å². The number of rotatable bonds is 6. The average Bonchev–Trinajstić information content (AvgIpc) is 2.38. The van der Waals surface area contributed by atoms with Crippen molar-refractivity contribution >= 4 is 0 Å². The summed E-state index contributed by atoms with van der Waals surface area (Å²) in [7, 11) is 1.53. The Labute approximate surface area is 109 Å². The molecule has 1 aromatic heterocycles. The predicted molar refractivity (Wildman–Crippen MR) is 70.5 cm³/mol. The minimum absolute atomic E-state index is 0.380. The lowest BCUT2D eigenvalue weighted by atomic mass is 9.92. The van der Waals surface area contributed by atoms with Gasteiger partial charge in [0.05, 0.1) is 7.11 Å². The number of hydrogen-bond donors (Lipinski definition) is 1. The Morgan fingerprint density at radius 2 is 1.83 bits per heavy atom. The van der Waals surface area contributed by atoms with Crippen molar-refractivity contribution in [1.29, 1.82) is 0 Å². The molecule has 1 rings (SSSR count). The first-order chi connectivity index (χ1) is 8.48. The molecule has 1 atom stereocenters. The molecule has 0 aliphatic rings. The molecule has 0 radical (unpaired) electrons. The van der Waals surface area contributed by atoms with Crippen molar-refractivity contribution in [1.82, 2.24) is 14.9 Å². The molecule has 0 spiro atoms. The molecule has 0 aliphatic carbocycles. The lowest BCUT2D eigenvalue weighted by molar-refractivity contribution is -0.0102. The summed E-state index contributed by atoms with van der Waals surface area (Å²) >= 11 is 0. The van der Waals surface area contributed by atoms with Crippen LogP contribution in [0.15, 0.2) is 12.4 Å². The summed E-state index contributed by atoms with van der Waals surface area (Å²) in [6.45, 7) is 9.88. The zero-order valence-corrected chi connectivity index (χ0v) is 11.8. The monoisotopic (exact) mass is 253 g/mol. The van der Waals surface area contributed by atoms with E-state index >= 15 is 0 Å². The van der Waals surface area contributed by atoms with Gasteiger partial charge in [-0.1, -0.05) is 13.8 Å². The molecule has 0 amide bonds. The second-order valence-corrected chi connectivity index (χ2v) is 4.68. The smallest absolute Gasteiger partial charge is 0.238 e. The summed E-state index contributed by atoms with van der Waals surface area (Å²) < 4.78 is 5.16. The van der Waals surface area contributed by atoms with Gasteiger partial charge in [-0.25, -0.2) is 4.98 Å². The Kier molecular flexibility index (Phi) is 5.04. The van der Waals surface area contributed by atoms with Crippen molar-refractivity contribution in [3.8, 4) is 5.88 Å². The van der Waals surface area contributed by atoms with Gasteiger partial charge in [-0.15, -0.1) is 0 Å². The number of aromatic nitrogens is 2. The molecule has 1 unspecified atom stereocenters. The molecule has 0 saturated carbocycles. The first-order valence-electron chi connectivity index (χ1n) is 6.27. The largest absolute Gasteiger partial charge is 0.480 e. The van der Waals surface area contributed by atoms with Crippen LogP contribution in [0.5, 0.6) is 5.88 Å². The molecule has 0 aromatic carbocycles. The van der Waals surface area contributed by atoms with Crippen molar-refractivity contribution in [3.05, 3.63) is 18.1 Å². The van der Waals surface area contributed by atoms with E-state index in [1.54, 1.807) is 12.4 Å². The summed E-state index contributed by atoms with van der Waals surface area (Å²) in [6.07, 6.45) is 2.37. The van der Waals surface area contributed by atoms with Gasteiger partial charge >= 0.3 is 0 Å². The molecule has 1 heterocycles. The summed E-state index contributed by atoms with van der Waals surface area (Å²) in [6, 6.07) is 0. The van der Waals surface area contributed by atoms with Crippen LogP contribution in [0.25, 0.3) is 0 Å². The zero-order valence-electron chi connectivity index (χ0n) is 11.8. The molecule has 0 fully saturated rings. The Morgan fingerprint density at radius 3 is 2.33 bits per heavy atom. The SMILES string of the molecule is CCN(CC)C(C)(C)C(O)c1nccnc1OC. The molecule has 18 heavy (non-hydrogen) atoms. The van der Waals surface area contributed by atoms with Crippen LogP contribution in [0.3, 0.4) is 0 Å². The van der Waals surface area contributed by atoms with Crippen LogP contribution < -0.4 is 4.74 Å². The van der Waals surface area contributed by atoms with Crippen LogP contribution in [-0.4, -0.2) is 45.7 Å². The number of aliphatic hydroxyl groups excluding tert-OH is 1. The minimum atomic E-state index is -0.749. The Hall–Kier alpha value is -1.20. The average molecular weight is 253 g/mol. The van der Waals surface area contributed by atoms with E-state index in [2.05, 4.69) is 28.7 Å². The van der Waals surface area contributed by atoms with E-state index in [-0.39, 0.29) is 0 Å². The fraction of sp³-hybridized carbons (Fsp3) is 0.692. The van der Waals surface area contributed by atoms with Crippen LogP contribution in [0.4, 0.5) is 0 Å². The molecule has 0 aliphatic heterocycles. The molecule has 0 saturated heterocycles. The van der Waals surface area contributed by atoms with Gasteiger partial charge < -0.3 is 9.84 Å². The van der Waals surface area contributed by atoms with Gasteiger partial charge in [-0.05, 0) is 26.9 Å².